The Morgan fingerprint density at radius 2 is 0.775 bits per heavy atom. The van der Waals surface area contributed by atoms with Crippen LogP contribution in [0.4, 0.5) is 0 Å². The van der Waals surface area contributed by atoms with Crippen molar-refractivity contribution in [3.05, 3.63) is 134 Å². The van der Waals surface area contributed by atoms with Crippen LogP contribution in [0.5, 0.6) is 0 Å². The standard InChI is InChI=1S/C70H113NO18/c1-3-5-7-8-9-10-11-12-13-14-15-16-17-18-19-20-21-22-23-24-25-26-27-28-29-30-31-32-33-34-35-36-37-38-39-40-41-42-43-44-46-48-58(76)71-53(54(75)47-45-6-4-2)52-84-68-64(82)61(79)66(56(50-73)86-68)89-70-65(83)62(80)67(57(51-74)87-70)88-69-63(81)60(78)59(77)55(49-72)85-69/h5,7,9-10,12-13,15-16,18-19,21-22,24-25,27-28,30-31,33-34,45,47,53-57,59-70,72-75,77-83H,3-4,6,8,11,14,17,20,23,26,29,32,35-44,46,48-52H2,1-2H3,(H,71,76)/b7-5-,10-9-,13-12-,16-15-,19-18-,22-21-,25-24-,28-27-,31-30-,34-33-,47-45+. The minimum absolute atomic E-state index is 0.226. The lowest BCUT2D eigenvalue weighted by Crippen LogP contribution is -2.66. The first-order valence-electron chi connectivity index (χ1n) is 32.9. The number of hydrogen-bond donors (Lipinski definition) is 12. The van der Waals surface area contributed by atoms with Crippen molar-refractivity contribution in [2.24, 2.45) is 0 Å². The molecule has 3 fully saturated rings. The smallest absolute Gasteiger partial charge is 0.220 e. The molecule has 0 spiro atoms. The van der Waals surface area contributed by atoms with E-state index in [1.54, 1.807) is 12.2 Å². The summed E-state index contributed by atoms with van der Waals surface area (Å²) in [5, 5.41) is 119. The van der Waals surface area contributed by atoms with Gasteiger partial charge in [0.15, 0.2) is 18.9 Å². The van der Waals surface area contributed by atoms with E-state index in [2.05, 4.69) is 134 Å². The Kier molecular flexibility index (Phi) is 44.9. The summed E-state index contributed by atoms with van der Waals surface area (Å²) in [4.78, 5) is 13.2. The number of ether oxygens (including phenoxy) is 6. The summed E-state index contributed by atoms with van der Waals surface area (Å²) in [6.45, 7) is 1.33. The maximum Gasteiger partial charge on any atom is 0.220 e. The second-order valence-corrected chi connectivity index (χ2v) is 22.8. The van der Waals surface area contributed by atoms with Gasteiger partial charge in [0, 0.05) is 6.42 Å². The zero-order valence-corrected chi connectivity index (χ0v) is 53.1. The molecule has 0 saturated carbocycles. The van der Waals surface area contributed by atoms with Gasteiger partial charge in [-0.25, -0.2) is 0 Å². The van der Waals surface area contributed by atoms with Gasteiger partial charge in [0.05, 0.1) is 38.6 Å². The van der Waals surface area contributed by atoms with Gasteiger partial charge < -0.3 is 89.9 Å². The van der Waals surface area contributed by atoms with Gasteiger partial charge in [-0.3, -0.25) is 4.79 Å². The Bertz CT molecular complexity index is 2130. The van der Waals surface area contributed by atoms with E-state index in [9.17, 15) is 61.0 Å². The third kappa shape index (κ3) is 32.9. The van der Waals surface area contributed by atoms with Crippen LogP contribution >= 0.6 is 0 Å². The Labute approximate surface area is 530 Å². The molecular formula is C70H113NO18. The Morgan fingerprint density at radius 3 is 1.19 bits per heavy atom. The van der Waals surface area contributed by atoms with Crippen molar-refractivity contribution >= 4 is 5.91 Å². The zero-order valence-electron chi connectivity index (χ0n) is 53.1. The number of hydrogen-bond acceptors (Lipinski definition) is 18. The molecule has 506 valence electrons. The molecule has 17 unspecified atom stereocenters. The molecule has 3 rings (SSSR count). The van der Waals surface area contributed by atoms with Gasteiger partial charge in [0.2, 0.25) is 5.91 Å². The van der Waals surface area contributed by atoms with Crippen molar-refractivity contribution in [1.82, 2.24) is 5.32 Å². The molecule has 1 amide bonds. The van der Waals surface area contributed by atoms with Crippen LogP contribution in [0, 0.1) is 0 Å². The molecule has 0 bridgehead atoms. The second-order valence-electron chi connectivity index (χ2n) is 22.8. The molecule has 0 aromatic heterocycles. The molecule has 3 aliphatic rings. The number of nitrogens with one attached hydrogen (secondary N) is 1. The number of carbonyl (C=O) groups is 1. The van der Waals surface area contributed by atoms with E-state index in [0.717, 1.165) is 103 Å². The van der Waals surface area contributed by atoms with Gasteiger partial charge in [0.1, 0.15) is 73.2 Å². The highest BCUT2D eigenvalue weighted by Crippen LogP contribution is 2.33. The summed E-state index contributed by atoms with van der Waals surface area (Å²) in [6, 6.07) is -0.979. The van der Waals surface area contributed by atoms with Crippen LogP contribution in [0.1, 0.15) is 168 Å². The quantitative estimate of drug-likeness (QED) is 0.0204. The van der Waals surface area contributed by atoms with E-state index in [1.165, 1.54) is 32.1 Å². The number of unbranched alkanes of at least 4 members (excludes halogenated alkanes) is 11. The van der Waals surface area contributed by atoms with Crippen molar-refractivity contribution in [2.45, 2.75) is 272 Å². The van der Waals surface area contributed by atoms with Gasteiger partial charge in [0.25, 0.3) is 0 Å². The monoisotopic (exact) mass is 1260 g/mol. The molecule has 3 aliphatic heterocycles. The molecule has 19 heteroatoms. The highest BCUT2D eigenvalue weighted by Gasteiger charge is 2.53. The normalized spacial score (nSPS) is 29.1. The van der Waals surface area contributed by atoms with E-state index in [4.69, 9.17) is 28.4 Å². The SMILES string of the molecule is CC/C=C\C/C=C\C/C=C\C/C=C\C/C=C\C/C=C\C/C=C\C/C=C\C/C=C\C/C=C\CCCCCCCCCCCCC(=O)NC(COC1OC(CO)C(OC2OC(CO)C(OC3OC(CO)C(O)C(O)C3O)C(O)C2O)C(O)C1O)C(O)/C=C/CCC. The van der Waals surface area contributed by atoms with E-state index >= 15 is 0 Å². The Morgan fingerprint density at radius 1 is 0.416 bits per heavy atom. The third-order valence-electron chi connectivity index (χ3n) is 15.4. The predicted molar refractivity (Wildman–Crippen MR) is 346 cm³/mol. The first-order valence-corrected chi connectivity index (χ1v) is 32.9. The van der Waals surface area contributed by atoms with Crippen molar-refractivity contribution in [3.63, 3.8) is 0 Å². The van der Waals surface area contributed by atoms with E-state index in [0.29, 0.717) is 12.8 Å². The van der Waals surface area contributed by atoms with Crippen molar-refractivity contribution in [1.29, 1.82) is 0 Å². The van der Waals surface area contributed by atoms with Crippen LogP contribution in [-0.2, 0) is 33.2 Å². The number of carbonyl (C=O) groups excluding carboxylic acids is 1. The van der Waals surface area contributed by atoms with Gasteiger partial charge in [-0.15, -0.1) is 0 Å². The van der Waals surface area contributed by atoms with Crippen LogP contribution in [0.15, 0.2) is 134 Å². The maximum atomic E-state index is 13.2. The fourth-order valence-electron chi connectivity index (χ4n) is 10.1. The number of allylic oxidation sites excluding steroid dienone is 21. The van der Waals surface area contributed by atoms with Gasteiger partial charge in [-0.2, -0.15) is 0 Å². The second kappa shape index (κ2) is 50.5. The van der Waals surface area contributed by atoms with Gasteiger partial charge in [-0.1, -0.05) is 205 Å². The molecule has 0 radical (unpaired) electrons. The minimum atomic E-state index is -1.98. The molecule has 0 aromatic rings. The van der Waals surface area contributed by atoms with Crippen LogP contribution in [0.3, 0.4) is 0 Å². The summed E-state index contributed by atoms with van der Waals surface area (Å²) >= 11 is 0. The number of aliphatic hydroxyl groups is 11. The Balaban J connectivity index is 1.23. The molecular weight excluding hydrogens is 1140 g/mol. The summed E-state index contributed by atoms with van der Waals surface area (Å²) in [5.74, 6) is -0.300. The van der Waals surface area contributed by atoms with Crippen LogP contribution in [0.2, 0.25) is 0 Å². The molecule has 89 heavy (non-hydrogen) atoms. The topological polar surface area (TPSA) is 307 Å². The number of rotatable bonds is 47. The van der Waals surface area contributed by atoms with E-state index in [1.807, 2.05) is 6.92 Å². The van der Waals surface area contributed by atoms with Crippen molar-refractivity contribution in [2.75, 3.05) is 26.4 Å². The lowest BCUT2D eigenvalue weighted by Gasteiger charge is -2.48. The fraction of sp³-hybridized carbons (Fsp3) is 0.671. The van der Waals surface area contributed by atoms with E-state index in [-0.39, 0.29) is 18.9 Å². The van der Waals surface area contributed by atoms with Crippen LogP contribution < -0.4 is 5.32 Å². The van der Waals surface area contributed by atoms with Crippen molar-refractivity contribution < 1.29 is 89.4 Å². The highest BCUT2D eigenvalue weighted by molar-refractivity contribution is 5.76. The average Bonchev–Trinajstić information content (AvgIpc) is 1.74. The first kappa shape index (κ1) is 79.2. The molecule has 3 heterocycles. The summed E-state index contributed by atoms with van der Waals surface area (Å²) in [5.41, 5.74) is 0. The lowest BCUT2D eigenvalue weighted by molar-refractivity contribution is -0.379. The van der Waals surface area contributed by atoms with Crippen molar-refractivity contribution in [3.8, 4) is 0 Å². The molecule has 19 nitrogen and oxygen atoms in total. The summed E-state index contributed by atoms with van der Waals surface area (Å²) in [6.07, 6.45) is 44.5. The predicted octanol–water partition coefficient (Wildman–Crippen LogP) is 7.82. The largest absolute Gasteiger partial charge is 0.394 e. The number of aliphatic hydroxyl groups excluding tert-OH is 11. The molecule has 0 aromatic carbocycles. The summed E-state index contributed by atoms with van der Waals surface area (Å²) < 4.78 is 34.0. The lowest BCUT2D eigenvalue weighted by atomic mass is 9.96. The molecule has 0 aliphatic carbocycles. The van der Waals surface area contributed by atoms with E-state index < -0.39 is 124 Å². The van der Waals surface area contributed by atoms with Gasteiger partial charge >= 0.3 is 0 Å². The first-order chi connectivity index (χ1) is 43.3. The Hall–Kier alpha value is -4.07. The molecule has 17 atom stereocenters. The van der Waals surface area contributed by atoms with Gasteiger partial charge in [-0.05, 0) is 89.9 Å². The fourth-order valence-corrected chi connectivity index (χ4v) is 10.1. The summed E-state index contributed by atoms with van der Waals surface area (Å²) in [7, 11) is 0. The number of amides is 1. The average molecular weight is 1260 g/mol. The molecule has 12 N–H and O–H groups in total. The molecule has 3 saturated heterocycles. The third-order valence-corrected chi connectivity index (χ3v) is 15.4. The van der Waals surface area contributed by atoms with Crippen LogP contribution in [0.25, 0.3) is 0 Å². The highest BCUT2D eigenvalue weighted by atomic mass is 16.8. The minimum Gasteiger partial charge on any atom is -0.394 e. The zero-order chi connectivity index (χ0) is 64.7. The van der Waals surface area contributed by atoms with Crippen LogP contribution in [-0.4, -0.2) is 193 Å². The maximum absolute atomic E-state index is 13.2.